The molecule has 0 saturated carbocycles. The summed E-state index contributed by atoms with van der Waals surface area (Å²) in [4.78, 5) is 12.1. The molecule has 0 aliphatic rings. The van der Waals surface area contributed by atoms with E-state index in [1.807, 2.05) is 24.3 Å². The second-order valence-corrected chi connectivity index (χ2v) is 5.45. The monoisotopic (exact) mass is 340 g/mol. The Morgan fingerprint density at radius 1 is 1.00 bits per heavy atom. The van der Waals surface area contributed by atoms with Crippen molar-refractivity contribution >= 4 is 38.9 Å². The summed E-state index contributed by atoms with van der Waals surface area (Å²) in [6, 6.07) is 7.68. The topological polar surface area (TPSA) is 71.0 Å². The Balaban J connectivity index is 2.16. The third kappa shape index (κ3) is 2.07. The number of rotatable bonds is 4. The lowest BCUT2D eigenvalue weighted by Gasteiger charge is -2.11. The van der Waals surface area contributed by atoms with Crippen LogP contribution in [0.1, 0.15) is 17.3 Å². The van der Waals surface area contributed by atoms with Crippen molar-refractivity contribution in [3.8, 4) is 11.5 Å². The van der Waals surface area contributed by atoms with Crippen LogP contribution in [-0.4, -0.2) is 26.8 Å². The first-order valence-electron chi connectivity index (χ1n) is 7.84. The third-order valence-electron chi connectivity index (χ3n) is 4.16. The van der Waals surface area contributed by atoms with Crippen molar-refractivity contribution in [1.82, 2.24) is 0 Å². The molecule has 0 atom stereocenters. The van der Waals surface area contributed by atoms with E-state index >= 15 is 0 Å². The summed E-state index contributed by atoms with van der Waals surface area (Å²) in [7, 11) is 3.16. The molecule has 4 rings (SSSR count). The number of carbonyl (C=O) groups is 1. The van der Waals surface area contributed by atoms with E-state index in [0.29, 0.717) is 33.6 Å². The molecule has 0 unspecified atom stereocenters. The summed E-state index contributed by atoms with van der Waals surface area (Å²) in [5.41, 5.74) is 1.46. The molecular formula is C19H16O6. The maximum Gasteiger partial charge on any atom is 0.345 e. The molecule has 0 radical (unpaired) electrons. The number of hydrogen-bond acceptors (Lipinski definition) is 6. The molecule has 4 aromatic rings. The van der Waals surface area contributed by atoms with Crippen LogP contribution in [0.15, 0.2) is 39.4 Å². The average molecular weight is 340 g/mol. The van der Waals surface area contributed by atoms with Crippen LogP contribution >= 0.6 is 0 Å². The van der Waals surface area contributed by atoms with Crippen molar-refractivity contribution in [1.29, 1.82) is 0 Å². The highest BCUT2D eigenvalue weighted by Crippen LogP contribution is 2.47. The summed E-state index contributed by atoms with van der Waals surface area (Å²) in [5, 5.41) is 2.35. The summed E-state index contributed by atoms with van der Waals surface area (Å²) < 4.78 is 27.9. The van der Waals surface area contributed by atoms with Gasteiger partial charge in [-0.25, -0.2) is 4.79 Å². The van der Waals surface area contributed by atoms with Crippen molar-refractivity contribution in [3.05, 3.63) is 36.1 Å². The van der Waals surface area contributed by atoms with Crippen LogP contribution in [0.3, 0.4) is 0 Å². The van der Waals surface area contributed by atoms with Crippen molar-refractivity contribution in [2.45, 2.75) is 6.92 Å². The molecule has 6 nitrogen and oxygen atoms in total. The standard InChI is InChI=1S/C19H16O6/c1-4-23-19(20)12-9-24-17-13-14(21-2)10-7-5-6-8-11(10)15(22-3)18(13)25-16(12)17/h5-9H,4H2,1-3H3. The zero-order valence-electron chi connectivity index (χ0n) is 14.0. The fourth-order valence-corrected chi connectivity index (χ4v) is 3.14. The maximum absolute atomic E-state index is 12.1. The largest absolute Gasteiger partial charge is 0.495 e. The number of carbonyl (C=O) groups excluding carboxylic acids is 1. The Morgan fingerprint density at radius 2 is 1.68 bits per heavy atom. The van der Waals surface area contributed by atoms with E-state index in [0.717, 1.165) is 10.8 Å². The van der Waals surface area contributed by atoms with Gasteiger partial charge in [-0.05, 0) is 6.92 Å². The number of furan rings is 2. The van der Waals surface area contributed by atoms with Gasteiger partial charge in [-0.1, -0.05) is 24.3 Å². The molecule has 0 aliphatic carbocycles. The van der Waals surface area contributed by atoms with Gasteiger partial charge in [-0.2, -0.15) is 0 Å². The lowest BCUT2D eigenvalue weighted by molar-refractivity contribution is 0.0526. The Kier molecular flexibility index (Phi) is 3.53. The lowest BCUT2D eigenvalue weighted by Crippen LogP contribution is -2.02. The summed E-state index contributed by atoms with van der Waals surface area (Å²) in [6.45, 7) is 2.01. The number of esters is 1. The van der Waals surface area contributed by atoms with Gasteiger partial charge in [0, 0.05) is 10.8 Å². The Morgan fingerprint density at radius 3 is 2.32 bits per heavy atom. The first-order chi connectivity index (χ1) is 12.2. The van der Waals surface area contributed by atoms with Crippen LogP contribution in [0.2, 0.25) is 0 Å². The van der Waals surface area contributed by atoms with Gasteiger partial charge in [0.25, 0.3) is 0 Å². The summed E-state index contributed by atoms with van der Waals surface area (Å²) in [5.74, 6) is 0.672. The Hall–Kier alpha value is -3.15. The van der Waals surface area contributed by atoms with E-state index in [-0.39, 0.29) is 12.2 Å². The average Bonchev–Trinajstić information content (AvgIpc) is 3.19. The number of benzene rings is 2. The third-order valence-corrected chi connectivity index (χ3v) is 4.16. The van der Waals surface area contributed by atoms with Gasteiger partial charge < -0.3 is 23.0 Å². The van der Waals surface area contributed by atoms with E-state index in [9.17, 15) is 4.79 Å². The number of fused-ring (bicyclic) bond motifs is 4. The van der Waals surface area contributed by atoms with Crippen LogP contribution in [0.5, 0.6) is 11.5 Å². The molecule has 2 heterocycles. The number of hydrogen-bond donors (Lipinski definition) is 0. The molecule has 0 fully saturated rings. The molecule has 0 spiro atoms. The van der Waals surface area contributed by atoms with Crippen molar-refractivity contribution in [2.75, 3.05) is 20.8 Å². The van der Waals surface area contributed by atoms with Gasteiger partial charge in [0.05, 0.1) is 20.8 Å². The molecule has 128 valence electrons. The zero-order chi connectivity index (χ0) is 17.6. The first-order valence-corrected chi connectivity index (χ1v) is 7.84. The molecule has 0 saturated heterocycles. The van der Waals surface area contributed by atoms with Crippen molar-refractivity contribution in [3.63, 3.8) is 0 Å². The predicted molar refractivity (Wildman–Crippen MR) is 92.6 cm³/mol. The highest BCUT2D eigenvalue weighted by atomic mass is 16.5. The first kappa shape index (κ1) is 15.4. The SMILES string of the molecule is CCOC(=O)c1coc2c1oc1c(OC)c3ccccc3c(OC)c12. The predicted octanol–water partition coefficient (Wildman–Crippen LogP) is 4.53. The molecule has 0 amide bonds. The minimum atomic E-state index is -0.497. The summed E-state index contributed by atoms with van der Waals surface area (Å²) >= 11 is 0. The molecule has 2 aromatic heterocycles. The zero-order valence-corrected chi connectivity index (χ0v) is 14.0. The van der Waals surface area contributed by atoms with Gasteiger partial charge in [-0.15, -0.1) is 0 Å². The normalized spacial score (nSPS) is 11.3. The quantitative estimate of drug-likeness (QED) is 0.508. The fraction of sp³-hybridized carbons (Fsp3) is 0.211. The molecule has 2 aromatic carbocycles. The molecule has 25 heavy (non-hydrogen) atoms. The number of ether oxygens (including phenoxy) is 3. The van der Waals surface area contributed by atoms with Crippen molar-refractivity contribution in [2.24, 2.45) is 0 Å². The number of methoxy groups -OCH3 is 2. The van der Waals surface area contributed by atoms with Gasteiger partial charge >= 0.3 is 5.97 Å². The van der Waals surface area contributed by atoms with Crippen LogP contribution in [0.25, 0.3) is 32.9 Å². The van der Waals surface area contributed by atoms with E-state index < -0.39 is 5.97 Å². The molecule has 0 aliphatic heterocycles. The van der Waals surface area contributed by atoms with E-state index in [2.05, 4.69) is 0 Å². The Labute approximate surface area is 142 Å². The molecule has 0 N–H and O–H groups in total. The maximum atomic E-state index is 12.1. The minimum absolute atomic E-state index is 0.237. The van der Waals surface area contributed by atoms with Crippen LogP contribution in [0, 0.1) is 0 Å². The van der Waals surface area contributed by atoms with Crippen LogP contribution in [0.4, 0.5) is 0 Å². The van der Waals surface area contributed by atoms with Crippen molar-refractivity contribution < 1.29 is 27.8 Å². The van der Waals surface area contributed by atoms with Gasteiger partial charge in [0.15, 0.2) is 22.5 Å². The smallest absolute Gasteiger partial charge is 0.345 e. The lowest BCUT2D eigenvalue weighted by atomic mass is 10.0. The van der Waals surface area contributed by atoms with Gasteiger partial charge in [0.1, 0.15) is 23.0 Å². The summed E-state index contributed by atoms with van der Waals surface area (Å²) in [6.07, 6.45) is 1.34. The van der Waals surface area contributed by atoms with E-state index in [1.165, 1.54) is 6.26 Å². The highest BCUT2D eigenvalue weighted by Gasteiger charge is 2.27. The minimum Gasteiger partial charge on any atom is -0.495 e. The van der Waals surface area contributed by atoms with Gasteiger partial charge in [0.2, 0.25) is 0 Å². The van der Waals surface area contributed by atoms with Crippen LogP contribution in [-0.2, 0) is 4.74 Å². The van der Waals surface area contributed by atoms with E-state index in [4.69, 9.17) is 23.0 Å². The molecule has 0 bridgehead atoms. The molecule has 6 heteroatoms. The fourth-order valence-electron chi connectivity index (χ4n) is 3.14. The Bertz CT molecular complexity index is 1100. The highest BCUT2D eigenvalue weighted by molar-refractivity contribution is 6.19. The van der Waals surface area contributed by atoms with E-state index in [1.54, 1.807) is 21.1 Å². The second kappa shape index (κ2) is 5.73. The van der Waals surface area contributed by atoms with Crippen LogP contribution < -0.4 is 9.47 Å². The second-order valence-electron chi connectivity index (χ2n) is 5.45. The van der Waals surface area contributed by atoms with Gasteiger partial charge in [-0.3, -0.25) is 0 Å². The molecular weight excluding hydrogens is 324 g/mol.